The molecule has 2 heterocycles. The molecule has 0 radical (unpaired) electrons. The molecule has 2 rings (SSSR count). The minimum atomic E-state index is 0.347. The standard InChI is InChI=1S/C12H21N5/c1-16(2)11-3-5-17(6-4-11)9-10-7-14-12(13)15-8-10/h7-8,11H,3-6,9H2,1-2H3,(H2,13,14,15). The van der Waals surface area contributed by atoms with Crippen molar-refractivity contribution >= 4 is 5.95 Å². The summed E-state index contributed by atoms with van der Waals surface area (Å²) in [5.41, 5.74) is 6.61. The van der Waals surface area contributed by atoms with Crippen LogP contribution in [0.1, 0.15) is 18.4 Å². The molecule has 94 valence electrons. The third-order valence-electron chi connectivity index (χ3n) is 3.42. The summed E-state index contributed by atoms with van der Waals surface area (Å²) < 4.78 is 0. The van der Waals surface area contributed by atoms with Gasteiger partial charge in [-0.1, -0.05) is 0 Å². The molecule has 0 atom stereocenters. The van der Waals surface area contributed by atoms with E-state index in [9.17, 15) is 0 Å². The number of nitrogens with two attached hydrogens (primary N) is 1. The first-order chi connectivity index (χ1) is 8.15. The average Bonchev–Trinajstić information content (AvgIpc) is 2.33. The van der Waals surface area contributed by atoms with Crippen molar-refractivity contribution < 1.29 is 0 Å². The lowest BCUT2D eigenvalue weighted by Gasteiger charge is -2.35. The Kier molecular flexibility index (Phi) is 3.91. The number of likely N-dealkylation sites (tertiary alicyclic amines) is 1. The van der Waals surface area contributed by atoms with Crippen LogP contribution in [0.15, 0.2) is 12.4 Å². The Morgan fingerprint density at radius 3 is 2.41 bits per heavy atom. The van der Waals surface area contributed by atoms with Gasteiger partial charge in [-0.15, -0.1) is 0 Å². The lowest BCUT2D eigenvalue weighted by molar-refractivity contribution is 0.140. The number of aromatic nitrogens is 2. The molecule has 1 fully saturated rings. The van der Waals surface area contributed by atoms with Gasteiger partial charge in [0.25, 0.3) is 0 Å². The first-order valence-electron chi connectivity index (χ1n) is 6.10. The summed E-state index contributed by atoms with van der Waals surface area (Å²) in [5.74, 6) is 0.347. The zero-order chi connectivity index (χ0) is 12.3. The molecule has 5 heteroatoms. The third kappa shape index (κ3) is 3.38. The molecule has 2 N–H and O–H groups in total. The van der Waals surface area contributed by atoms with Gasteiger partial charge in [-0.3, -0.25) is 4.90 Å². The van der Waals surface area contributed by atoms with E-state index in [1.807, 2.05) is 12.4 Å². The van der Waals surface area contributed by atoms with Crippen molar-refractivity contribution in [1.82, 2.24) is 19.8 Å². The number of anilines is 1. The van der Waals surface area contributed by atoms with Crippen LogP contribution in [0.25, 0.3) is 0 Å². The van der Waals surface area contributed by atoms with Crippen molar-refractivity contribution in [2.24, 2.45) is 0 Å². The second-order valence-electron chi connectivity index (χ2n) is 4.92. The Hall–Kier alpha value is -1.20. The average molecular weight is 235 g/mol. The summed E-state index contributed by atoms with van der Waals surface area (Å²) in [4.78, 5) is 12.8. The maximum atomic E-state index is 5.47. The van der Waals surface area contributed by atoms with Crippen LogP contribution in [0, 0.1) is 0 Å². The van der Waals surface area contributed by atoms with Gasteiger partial charge >= 0.3 is 0 Å². The Bertz CT molecular complexity index is 340. The van der Waals surface area contributed by atoms with Crippen molar-refractivity contribution in [2.45, 2.75) is 25.4 Å². The molecule has 1 aromatic heterocycles. The molecule has 0 amide bonds. The number of hydrogen-bond acceptors (Lipinski definition) is 5. The van der Waals surface area contributed by atoms with Crippen LogP contribution in [0.2, 0.25) is 0 Å². The van der Waals surface area contributed by atoms with Crippen LogP contribution >= 0.6 is 0 Å². The SMILES string of the molecule is CN(C)C1CCN(Cc2cnc(N)nc2)CC1. The summed E-state index contributed by atoms with van der Waals surface area (Å²) >= 11 is 0. The van der Waals surface area contributed by atoms with Crippen molar-refractivity contribution in [1.29, 1.82) is 0 Å². The quantitative estimate of drug-likeness (QED) is 0.830. The van der Waals surface area contributed by atoms with Gasteiger partial charge in [0, 0.05) is 30.5 Å². The second-order valence-corrected chi connectivity index (χ2v) is 4.92. The first-order valence-corrected chi connectivity index (χ1v) is 6.10. The summed E-state index contributed by atoms with van der Waals surface area (Å²) in [6.45, 7) is 3.22. The third-order valence-corrected chi connectivity index (χ3v) is 3.42. The van der Waals surface area contributed by atoms with E-state index in [-0.39, 0.29) is 0 Å². The van der Waals surface area contributed by atoms with E-state index in [0.717, 1.165) is 31.2 Å². The smallest absolute Gasteiger partial charge is 0.219 e. The maximum Gasteiger partial charge on any atom is 0.219 e. The van der Waals surface area contributed by atoms with E-state index in [1.165, 1.54) is 12.8 Å². The molecular weight excluding hydrogens is 214 g/mol. The minimum Gasteiger partial charge on any atom is -0.368 e. The van der Waals surface area contributed by atoms with Gasteiger partial charge in [0.15, 0.2) is 0 Å². The minimum absolute atomic E-state index is 0.347. The highest BCUT2D eigenvalue weighted by Crippen LogP contribution is 2.16. The normalized spacial score (nSPS) is 18.8. The van der Waals surface area contributed by atoms with Gasteiger partial charge in [0.2, 0.25) is 5.95 Å². The molecular formula is C12H21N5. The van der Waals surface area contributed by atoms with E-state index in [4.69, 9.17) is 5.73 Å². The van der Waals surface area contributed by atoms with E-state index >= 15 is 0 Å². The zero-order valence-corrected chi connectivity index (χ0v) is 10.6. The fourth-order valence-corrected chi connectivity index (χ4v) is 2.30. The summed E-state index contributed by atoms with van der Waals surface area (Å²) in [5, 5.41) is 0. The van der Waals surface area contributed by atoms with Crippen LogP contribution in [-0.2, 0) is 6.54 Å². The first kappa shape index (κ1) is 12.3. The monoisotopic (exact) mass is 235 g/mol. The Morgan fingerprint density at radius 1 is 1.29 bits per heavy atom. The predicted molar refractivity (Wildman–Crippen MR) is 68.4 cm³/mol. The van der Waals surface area contributed by atoms with Crippen molar-refractivity contribution in [3.05, 3.63) is 18.0 Å². The number of nitrogens with zero attached hydrogens (tertiary/aromatic N) is 4. The Balaban J connectivity index is 1.84. The van der Waals surface area contributed by atoms with E-state index in [0.29, 0.717) is 5.95 Å². The molecule has 0 spiro atoms. The fourth-order valence-electron chi connectivity index (χ4n) is 2.30. The van der Waals surface area contributed by atoms with Crippen LogP contribution in [-0.4, -0.2) is 53.0 Å². The fraction of sp³-hybridized carbons (Fsp3) is 0.667. The van der Waals surface area contributed by atoms with Crippen LogP contribution in [0.5, 0.6) is 0 Å². The van der Waals surface area contributed by atoms with Gasteiger partial charge in [-0.25, -0.2) is 9.97 Å². The summed E-state index contributed by atoms with van der Waals surface area (Å²) in [6.07, 6.45) is 6.12. The number of rotatable bonds is 3. The van der Waals surface area contributed by atoms with Crippen molar-refractivity contribution in [2.75, 3.05) is 32.9 Å². The molecule has 0 saturated carbocycles. The highest BCUT2D eigenvalue weighted by Gasteiger charge is 2.20. The number of nitrogen functional groups attached to an aromatic ring is 1. The highest BCUT2D eigenvalue weighted by molar-refractivity contribution is 5.17. The van der Waals surface area contributed by atoms with Crippen LogP contribution in [0.4, 0.5) is 5.95 Å². The Labute approximate surface area is 103 Å². The summed E-state index contributed by atoms with van der Waals surface area (Å²) in [7, 11) is 4.32. The van der Waals surface area contributed by atoms with Crippen molar-refractivity contribution in [3.63, 3.8) is 0 Å². The maximum absolute atomic E-state index is 5.47. The van der Waals surface area contributed by atoms with Gasteiger partial charge in [0.05, 0.1) is 0 Å². The predicted octanol–water partition coefficient (Wildman–Crippen LogP) is 0.585. The van der Waals surface area contributed by atoms with E-state index in [2.05, 4.69) is 33.9 Å². The molecule has 0 bridgehead atoms. The lowest BCUT2D eigenvalue weighted by atomic mass is 10.0. The second kappa shape index (κ2) is 5.42. The van der Waals surface area contributed by atoms with Gasteiger partial charge < -0.3 is 10.6 Å². The van der Waals surface area contributed by atoms with Crippen molar-refractivity contribution in [3.8, 4) is 0 Å². The topological polar surface area (TPSA) is 58.3 Å². The largest absolute Gasteiger partial charge is 0.368 e. The molecule has 1 saturated heterocycles. The van der Waals surface area contributed by atoms with Gasteiger partial charge in [-0.2, -0.15) is 0 Å². The molecule has 0 unspecified atom stereocenters. The number of hydrogen-bond donors (Lipinski definition) is 1. The summed E-state index contributed by atoms with van der Waals surface area (Å²) in [6, 6.07) is 0.730. The van der Waals surface area contributed by atoms with Crippen LogP contribution in [0.3, 0.4) is 0 Å². The molecule has 1 aliphatic rings. The number of piperidine rings is 1. The van der Waals surface area contributed by atoms with Gasteiger partial charge in [-0.05, 0) is 40.0 Å². The molecule has 5 nitrogen and oxygen atoms in total. The Morgan fingerprint density at radius 2 is 1.88 bits per heavy atom. The lowest BCUT2D eigenvalue weighted by Crippen LogP contribution is -2.41. The molecule has 1 aromatic rings. The van der Waals surface area contributed by atoms with Gasteiger partial charge in [0.1, 0.15) is 0 Å². The molecule has 17 heavy (non-hydrogen) atoms. The molecule has 0 aromatic carbocycles. The zero-order valence-electron chi connectivity index (χ0n) is 10.6. The highest BCUT2D eigenvalue weighted by atomic mass is 15.2. The van der Waals surface area contributed by atoms with E-state index < -0.39 is 0 Å². The van der Waals surface area contributed by atoms with E-state index in [1.54, 1.807) is 0 Å². The molecule has 0 aliphatic carbocycles. The van der Waals surface area contributed by atoms with Crippen LogP contribution < -0.4 is 5.73 Å². The molecule has 1 aliphatic heterocycles.